The first-order valence-electron chi connectivity index (χ1n) is 9.48. The summed E-state index contributed by atoms with van der Waals surface area (Å²) in [5.41, 5.74) is 1.63. The zero-order valence-corrected chi connectivity index (χ0v) is 15.7. The van der Waals surface area contributed by atoms with Crippen molar-refractivity contribution in [3.63, 3.8) is 0 Å². The molecule has 0 aliphatic carbocycles. The Hall–Kier alpha value is -3.71. The summed E-state index contributed by atoms with van der Waals surface area (Å²) >= 11 is 0. The molecule has 7 heteroatoms. The molecule has 3 aromatic rings. The Morgan fingerprint density at radius 2 is 1.57 bits per heavy atom. The first kappa shape index (κ1) is 18.3. The van der Waals surface area contributed by atoms with Crippen molar-refractivity contribution in [2.75, 3.05) is 9.96 Å². The molecule has 3 atom stereocenters. The molecule has 0 radical (unpaired) electrons. The zero-order chi connectivity index (χ0) is 20.8. The first-order chi connectivity index (χ1) is 14.5. The summed E-state index contributed by atoms with van der Waals surface area (Å²) in [5.74, 6) is -2.15. The summed E-state index contributed by atoms with van der Waals surface area (Å²) in [6.07, 6.45) is -1.02. The summed E-state index contributed by atoms with van der Waals surface area (Å²) in [7, 11) is 0. The van der Waals surface area contributed by atoms with Gasteiger partial charge in [-0.25, -0.2) is 14.4 Å². The van der Waals surface area contributed by atoms with Crippen molar-refractivity contribution in [1.29, 1.82) is 0 Å². The summed E-state index contributed by atoms with van der Waals surface area (Å²) in [6, 6.07) is 20.3. The van der Waals surface area contributed by atoms with Crippen LogP contribution in [0.2, 0.25) is 0 Å². The smallest absolute Gasteiger partial charge is 0.266 e. The maximum atomic E-state index is 13.4. The van der Waals surface area contributed by atoms with E-state index < -0.39 is 35.7 Å². The number of imide groups is 1. The molecule has 5 rings (SSSR count). The Morgan fingerprint density at radius 3 is 2.27 bits per heavy atom. The summed E-state index contributed by atoms with van der Waals surface area (Å²) in [5, 5.41) is 11.5. The molecule has 2 aliphatic heterocycles. The number of hydrogen-bond donors (Lipinski definition) is 1. The average Bonchev–Trinajstić information content (AvgIpc) is 3.26. The third-order valence-electron chi connectivity index (χ3n) is 5.42. The lowest BCUT2D eigenvalue weighted by atomic mass is 9.90. The van der Waals surface area contributed by atoms with E-state index in [-0.39, 0.29) is 5.75 Å². The van der Waals surface area contributed by atoms with Crippen LogP contribution in [0, 0.1) is 11.7 Å². The standard InChI is InChI=1S/C23H17FN2O4/c24-15-9-11-16(12-10-15)25-22(28)19-20(14-5-4-8-18(27)13-14)26(30-21(19)23(25)29)17-6-2-1-3-7-17/h1-13,19-21,27H. The van der Waals surface area contributed by atoms with Crippen LogP contribution in [-0.2, 0) is 14.4 Å². The number of amides is 2. The molecule has 0 bridgehead atoms. The minimum Gasteiger partial charge on any atom is -0.508 e. The number of nitrogens with zero attached hydrogens (tertiary/aromatic N) is 2. The third kappa shape index (κ3) is 2.83. The van der Waals surface area contributed by atoms with Gasteiger partial charge in [0.05, 0.1) is 17.4 Å². The molecule has 0 aromatic heterocycles. The predicted octanol–water partition coefficient (Wildman–Crippen LogP) is 3.58. The van der Waals surface area contributed by atoms with E-state index in [4.69, 9.17) is 4.84 Å². The summed E-state index contributed by atoms with van der Waals surface area (Å²) in [4.78, 5) is 33.5. The second kappa shape index (κ2) is 6.96. The normalized spacial score (nSPS) is 23.2. The highest BCUT2D eigenvalue weighted by Crippen LogP contribution is 2.47. The number of benzene rings is 3. The second-order valence-corrected chi connectivity index (χ2v) is 7.24. The van der Waals surface area contributed by atoms with Gasteiger partial charge in [0, 0.05) is 0 Å². The monoisotopic (exact) mass is 404 g/mol. The van der Waals surface area contributed by atoms with Gasteiger partial charge in [-0.05, 0) is 54.1 Å². The third-order valence-corrected chi connectivity index (χ3v) is 5.42. The number of carbonyl (C=O) groups excluding carboxylic acids is 2. The molecule has 2 heterocycles. The largest absolute Gasteiger partial charge is 0.508 e. The molecule has 150 valence electrons. The quantitative estimate of drug-likeness (QED) is 0.676. The van der Waals surface area contributed by atoms with Crippen molar-refractivity contribution in [1.82, 2.24) is 0 Å². The van der Waals surface area contributed by atoms with Gasteiger partial charge in [-0.15, -0.1) is 0 Å². The fraction of sp³-hybridized carbons (Fsp3) is 0.130. The number of fused-ring (bicyclic) bond motifs is 1. The number of aromatic hydroxyl groups is 1. The fourth-order valence-corrected chi connectivity index (χ4v) is 4.11. The zero-order valence-electron chi connectivity index (χ0n) is 15.7. The molecule has 1 N–H and O–H groups in total. The van der Waals surface area contributed by atoms with Gasteiger partial charge < -0.3 is 5.11 Å². The molecule has 0 saturated carbocycles. The number of rotatable bonds is 3. The SMILES string of the molecule is O=C1C2ON(c3ccccc3)C(c3cccc(O)c3)C2C(=O)N1c1ccc(F)cc1. The van der Waals surface area contributed by atoms with Gasteiger partial charge in [0.25, 0.3) is 5.91 Å². The Balaban J connectivity index is 1.59. The van der Waals surface area contributed by atoms with Crippen molar-refractivity contribution in [3.8, 4) is 5.75 Å². The van der Waals surface area contributed by atoms with Gasteiger partial charge in [-0.2, -0.15) is 0 Å². The van der Waals surface area contributed by atoms with Crippen molar-refractivity contribution in [3.05, 3.63) is 90.2 Å². The molecular weight excluding hydrogens is 387 g/mol. The number of hydroxylamine groups is 1. The second-order valence-electron chi connectivity index (χ2n) is 7.24. The lowest BCUT2D eigenvalue weighted by molar-refractivity contribution is -0.126. The molecule has 2 saturated heterocycles. The van der Waals surface area contributed by atoms with Crippen molar-refractivity contribution in [2.24, 2.45) is 5.92 Å². The van der Waals surface area contributed by atoms with Crippen LogP contribution in [-0.4, -0.2) is 23.0 Å². The highest BCUT2D eigenvalue weighted by atomic mass is 19.1. The van der Waals surface area contributed by atoms with E-state index in [1.54, 1.807) is 23.3 Å². The molecule has 30 heavy (non-hydrogen) atoms. The van der Waals surface area contributed by atoms with E-state index in [9.17, 15) is 19.1 Å². The number of para-hydroxylation sites is 1. The molecule has 2 fully saturated rings. The molecule has 2 amide bonds. The minimum atomic E-state index is -1.02. The van der Waals surface area contributed by atoms with E-state index in [2.05, 4.69) is 0 Å². The summed E-state index contributed by atoms with van der Waals surface area (Å²) in [6.45, 7) is 0. The molecule has 3 unspecified atom stereocenters. The number of phenols is 1. The highest BCUT2D eigenvalue weighted by Gasteiger charge is 2.60. The Bertz CT molecular complexity index is 1120. The maximum Gasteiger partial charge on any atom is 0.266 e. The molecule has 3 aromatic carbocycles. The van der Waals surface area contributed by atoms with Gasteiger partial charge in [0.15, 0.2) is 6.10 Å². The van der Waals surface area contributed by atoms with Crippen LogP contribution in [0.15, 0.2) is 78.9 Å². The number of anilines is 2. The van der Waals surface area contributed by atoms with Gasteiger partial charge >= 0.3 is 0 Å². The van der Waals surface area contributed by atoms with Crippen LogP contribution < -0.4 is 9.96 Å². The van der Waals surface area contributed by atoms with Gasteiger partial charge in [-0.1, -0.05) is 30.3 Å². The van der Waals surface area contributed by atoms with E-state index in [1.165, 1.54) is 30.3 Å². The van der Waals surface area contributed by atoms with Crippen molar-refractivity contribution >= 4 is 23.2 Å². The van der Waals surface area contributed by atoms with E-state index in [0.717, 1.165) is 4.90 Å². The van der Waals surface area contributed by atoms with Gasteiger partial charge in [0.2, 0.25) is 5.91 Å². The van der Waals surface area contributed by atoms with Gasteiger partial charge in [-0.3, -0.25) is 14.4 Å². The summed E-state index contributed by atoms with van der Waals surface area (Å²) < 4.78 is 13.3. The van der Waals surface area contributed by atoms with Crippen LogP contribution in [0.3, 0.4) is 0 Å². The minimum absolute atomic E-state index is 0.0520. The van der Waals surface area contributed by atoms with Crippen LogP contribution in [0.4, 0.5) is 15.8 Å². The molecule has 0 spiro atoms. The molecule has 2 aliphatic rings. The van der Waals surface area contributed by atoms with Crippen molar-refractivity contribution < 1.29 is 23.9 Å². The fourth-order valence-electron chi connectivity index (χ4n) is 4.11. The Morgan fingerprint density at radius 1 is 0.833 bits per heavy atom. The number of hydrogen-bond acceptors (Lipinski definition) is 5. The predicted molar refractivity (Wildman–Crippen MR) is 107 cm³/mol. The van der Waals surface area contributed by atoms with Crippen LogP contribution in [0.5, 0.6) is 5.75 Å². The number of halogens is 1. The number of phenolic OH excluding ortho intramolecular Hbond substituents is 1. The lowest BCUT2D eigenvalue weighted by Gasteiger charge is -2.28. The highest BCUT2D eigenvalue weighted by molar-refractivity contribution is 6.23. The average molecular weight is 404 g/mol. The molecular formula is C23H17FN2O4. The van der Waals surface area contributed by atoms with Crippen LogP contribution >= 0.6 is 0 Å². The van der Waals surface area contributed by atoms with Crippen LogP contribution in [0.25, 0.3) is 0 Å². The van der Waals surface area contributed by atoms with Crippen LogP contribution in [0.1, 0.15) is 11.6 Å². The van der Waals surface area contributed by atoms with Crippen molar-refractivity contribution in [2.45, 2.75) is 12.1 Å². The first-order valence-corrected chi connectivity index (χ1v) is 9.48. The maximum absolute atomic E-state index is 13.4. The lowest BCUT2D eigenvalue weighted by Crippen LogP contribution is -2.37. The topological polar surface area (TPSA) is 70.1 Å². The van der Waals surface area contributed by atoms with E-state index >= 15 is 0 Å². The van der Waals surface area contributed by atoms with E-state index in [1.807, 2.05) is 30.3 Å². The van der Waals surface area contributed by atoms with E-state index in [0.29, 0.717) is 16.9 Å². The number of carbonyl (C=O) groups is 2. The molecule has 6 nitrogen and oxygen atoms in total. The Kier molecular flexibility index (Phi) is 4.25. The van der Waals surface area contributed by atoms with Gasteiger partial charge in [0.1, 0.15) is 17.5 Å². The Labute approximate surface area is 171 Å².